The topological polar surface area (TPSA) is 63.2 Å². The normalized spacial score (nSPS) is 28.3. The van der Waals surface area contributed by atoms with E-state index in [0.717, 1.165) is 0 Å². The molecule has 15 heavy (non-hydrogen) atoms. The number of ketones is 2. The van der Waals surface area contributed by atoms with E-state index in [1.54, 1.807) is 0 Å². The maximum Gasteiger partial charge on any atom is 0.383 e. The molecule has 1 spiro atoms. The van der Waals surface area contributed by atoms with E-state index >= 15 is 0 Å². The van der Waals surface area contributed by atoms with Crippen molar-refractivity contribution in [1.82, 2.24) is 5.32 Å². The second-order valence-corrected chi connectivity index (χ2v) is 3.98. The van der Waals surface area contributed by atoms with E-state index in [9.17, 15) is 23.2 Å². The summed E-state index contributed by atoms with van der Waals surface area (Å²) in [4.78, 5) is 33.2. The van der Waals surface area contributed by atoms with Crippen molar-refractivity contribution < 1.29 is 23.2 Å². The van der Waals surface area contributed by atoms with Gasteiger partial charge in [0, 0.05) is 12.8 Å². The Morgan fingerprint density at radius 2 is 1.60 bits per heavy atom. The molecule has 2 rings (SSSR count). The third-order valence-corrected chi connectivity index (χ3v) is 3.02. The highest BCUT2D eigenvalue weighted by atomic mass is 19.3. The van der Waals surface area contributed by atoms with Crippen molar-refractivity contribution in [2.45, 2.75) is 37.1 Å². The number of hydrogen-bond donors (Lipinski definition) is 1. The lowest BCUT2D eigenvalue weighted by Crippen LogP contribution is -2.49. The van der Waals surface area contributed by atoms with Crippen LogP contribution < -0.4 is 5.32 Å². The third kappa shape index (κ3) is 1.27. The van der Waals surface area contributed by atoms with Crippen LogP contribution in [0.3, 0.4) is 0 Å². The average molecular weight is 217 g/mol. The van der Waals surface area contributed by atoms with Crippen LogP contribution in [-0.4, -0.2) is 28.9 Å². The number of rotatable bonds is 0. The molecule has 2 fully saturated rings. The van der Waals surface area contributed by atoms with Gasteiger partial charge >= 0.3 is 5.92 Å². The number of carbonyl (C=O) groups is 3. The van der Waals surface area contributed by atoms with Gasteiger partial charge in [-0.1, -0.05) is 0 Å². The second kappa shape index (κ2) is 2.84. The molecule has 1 aliphatic heterocycles. The molecule has 6 heteroatoms. The zero-order chi connectivity index (χ0) is 11.3. The summed E-state index contributed by atoms with van der Waals surface area (Å²) in [7, 11) is 0. The quantitative estimate of drug-likeness (QED) is 0.589. The Morgan fingerprint density at radius 3 is 2.00 bits per heavy atom. The Labute approximate surface area is 84.0 Å². The van der Waals surface area contributed by atoms with Crippen LogP contribution >= 0.6 is 0 Å². The lowest BCUT2D eigenvalue weighted by atomic mass is 9.79. The number of nitrogens with one attached hydrogen (secondary N) is 1. The Hall–Kier alpha value is -1.33. The number of alkyl halides is 2. The van der Waals surface area contributed by atoms with Gasteiger partial charge in [-0.25, -0.2) is 0 Å². The molecule has 4 nitrogen and oxygen atoms in total. The smallest absolute Gasteiger partial charge is 0.338 e. The number of carbonyl (C=O) groups excluding carboxylic acids is 3. The summed E-state index contributed by atoms with van der Waals surface area (Å²) in [6, 6.07) is 0. The van der Waals surface area contributed by atoms with Gasteiger partial charge in [0.2, 0.25) is 5.78 Å². The first-order valence-corrected chi connectivity index (χ1v) is 4.65. The van der Waals surface area contributed by atoms with Crippen LogP contribution in [0.15, 0.2) is 0 Å². The van der Waals surface area contributed by atoms with Gasteiger partial charge in [-0.05, 0) is 12.8 Å². The van der Waals surface area contributed by atoms with Crippen molar-refractivity contribution in [3.8, 4) is 0 Å². The summed E-state index contributed by atoms with van der Waals surface area (Å²) in [6.07, 6.45) is 0.127. The zero-order valence-corrected chi connectivity index (χ0v) is 7.81. The van der Waals surface area contributed by atoms with Crippen LogP contribution in [0.25, 0.3) is 0 Å². The number of hydrogen-bond acceptors (Lipinski definition) is 3. The lowest BCUT2D eigenvalue weighted by Gasteiger charge is -2.30. The molecular formula is C9H9F2NO3. The van der Waals surface area contributed by atoms with Crippen molar-refractivity contribution in [2.75, 3.05) is 0 Å². The Kier molecular flexibility index (Phi) is 1.93. The van der Waals surface area contributed by atoms with Gasteiger partial charge in [0.25, 0.3) is 5.91 Å². The first-order chi connectivity index (χ1) is 6.88. The van der Waals surface area contributed by atoms with Gasteiger partial charge in [0.05, 0.1) is 0 Å². The van der Waals surface area contributed by atoms with Crippen LogP contribution in [0.2, 0.25) is 0 Å². The van der Waals surface area contributed by atoms with E-state index in [2.05, 4.69) is 0 Å². The van der Waals surface area contributed by atoms with Gasteiger partial charge in [0.1, 0.15) is 11.3 Å². The minimum Gasteiger partial charge on any atom is -0.338 e. The standard InChI is InChI=1S/C9H9F2NO3/c10-9(11)6(14)8(12-7(9)15)3-1-5(13)2-4-8/h1-4H2,(H,12,15). The van der Waals surface area contributed by atoms with E-state index in [1.807, 2.05) is 5.32 Å². The Bertz CT molecular complexity index is 354. The molecule has 1 saturated heterocycles. The van der Waals surface area contributed by atoms with Crippen molar-refractivity contribution in [3.05, 3.63) is 0 Å². The van der Waals surface area contributed by atoms with Gasteiger partial charge in [-0.3, -0.25) is 14.4 Å². The van der Waals surface area contributed by atoms with E-state index < -0.39 is 23.2 Å². The summed E-state index contributed by atoms with van der Waals surface area (Å²) in [6.45, 7) is 0. The van der Waals surface area contributed by atoms with Crippen molar-refractivity contribution in [1.29, 1.82) is 0 Å². The van der Waals surface area contributed by atoms with Crippen molar-refractivity contribution in [2.24, 2.45) is 0 Å². The molecule has 2 aliphatic rings. The molecular weight excluding hydrogens is 208 g/mol. The van der Waals surface area contributed by atoms with Gasteiger partial charge in [-0.15, -0.1) is 0 Å². The molecule has 1 amide bonds. The summed E-state index contributed by atoms with van der Waals surface area (Å²) in [5, 5.41) is 2.04. The molecule has 0 unspecified atom stereocenters. The molecule has 1 N–H and O–H groups in total. The lowest BCUT2D eigenvalue weighted by molar-refractivity contribution is -0.151. The molecule has 1 aliphatic carbocycles. The van der Waals surface area contributed by atoms with E-state index in [0.29, 0.717) is 0 Å². The molecule has 0 radical (unpaired) electrons. The highest BCUT2D eigenvalue weighted by Crippen LogP contribution is 2.38. The second-order valence-electron chi connectivity index (χ2n) is 3.98. The van der Waals surface area contributed by atoms with Gasteiger partial charge < -0.3 is 5.32 Å². The molecule has 0 bridgehead atoms. The van der Waals surface area contributed by atoms with Crippen LogP contribution in [0.4, 0.5) is 8.78 Å². The summed E-state index contributed by atoms with van der Waals surface area (Å²) >= 11 is 0. The zero-order valence-electron chi connectivity index (χ0n) is 7.81. The molecule has 0 aromatic rings. The third-order valence-electron chi connectivity index (χ3n) is 3.02. The van der Waals surface area contributed by atoms with Crippen molar-refractivity contribution in [3.63, 3.8) is 0 Å². The maximum atomic E-state index is 13.0. The highest BCUT2D eigenvalue weighted by molar-refractivity contribution is 6.18. The fourth-order valence-corrected chi connectivity index (χ4v) is 2.06. The minimum atomic E-state index is -3.93. The summed E-state index contributed by atoms with van der Waals surface area (Å²) < 4.78 is 26.0. The highest BCUT2D eigenvalue weighted by Gasteiger charge is 2.64. The Balaban J connectivity index is 2.29. The number of halogens is 2. The van der Waals surface area contributed by atoms with E-state index in [4.69, 9.17) is 0 Å². The molecule has 1 saturated carbocycles. The van der Waals surface area contributed by atoms with Gasteiger partial charge in [0.15, 0.2) is 0 Å². The average Bonchev–Trinajstić information content (AvgIpc) is 2.34. The fourth-order valence-electron chi connectivity index (χ4n) is 2.06. The SMILES string of the molecule is O=C1CCC2(CC1)NC(=O)C(F)(F)C2=O. The monoisotopic (exact) mass is 217 g/mol. The maximum absolute atomic E-state index is 13.0. The summed E-state index contributed by atoms with van der Waals surface area (Å²) in [5.41, 5.74) is -1.49. The minimum absolute atomic E-state index is 0.00794. The largest absolute Gasteiger partial charge is 0.383 e. The molecule has 0 aromatic carbocycles. The van der Waals surface area contributed by atoms with Crippen LogP contribution in [0.5, 0.6) is 0 Å². The molecule has 1 heterocycles. The van der Waals surface area contributed by atoms with Crippen LogP contribution in [0.1, 0.15) is 25.7 Å². The fraction of sp³-hybridized carbons (Fsp3) is 0.667. The number of Topliss-reactive ketones (excluding diaryl/α,β-unsaturated/α-hetero) is 2. The summed E-state index contributed by atoms with van der Waals surface area (Å²) in [5.74, 6) is -6.91. The van der Waals surface area contributed by atoms with E-state index in [-0.39, 0.29) is 31.5 Å². The first-order valence-electron chi connectivity index (χ1n) is 4.65. The molecule has 0 atom stereocenters. The number of amides is 1. The van der Waals surface area contributed by atoms with Gasteiger partial charge in [-0.2, -0.15) is 8.78 Å². The van der Waals surface area contributed by atoms with Crippen molar-refractivity contribution >= 4 is 17.5 Å². The van der Waals surface area contributed by atoms with Crippen LogP contribution in [0, 0.1) is 0 Å². The predicted molar refractivity (Wildman–Crippen MR) is 44.3 cm³/mol. The van der Waals surface area contributed by atoms with Crippen LogP contribution in [-0.2, 0) is 14.4 Å². The predicted octanol–water partition coefficient (Wildman–Crippen LogP) is 0.202. The molecule has 82 valence electrons. The van der Waals surface area contributed by atoms with E-state index in [1.165, 1.54) is 0 Å². The molecule has 0 aromatic heterocycles. The Morgan fingerprint density at radius 1 is 1.07 bits per heavy atom. The first kappa shape index (κ1) is 10.2.